The van der Waals surface area contributed by atoms with Crippen molar-refractivity contribution in [2.24, 2.45) is 0 Å². The highest BCUT2D eigenvalue weighted by molar-refractivity contribution is 5.40. The molecule has 0 saturated heterocycles. The van der Waals surface area contributed by atoms with Gasteiger partial charge in [-0.1, -0.05) is 5.16 Å². The van der Waals surface area contributed by atoms with Crippen molar-refractivity contribution in [2.75, 3.05) is 21.3 Å². The first-order valence-corrected chi connectivity index (χ1v) is 7.36. The van der Waals surface area contributed by atoms with Gasteiger partial charge in [0.1, 0.15) is 11.5 Å². The smallest absolute Gasteiger partial charge is 0.226 e. The summed E-state index contributed by atoms with van der Waals surface area (Å²) in [4.78, 5) is 4.42. The first-order chi connectivity index (χ1) is 10.7. The maximum absolute atomic E-state index is 5.38. The van der Waals surface area contributed by atoms with Gasteiger partial charge in [-0.15, -0.1) is 0 Å². The molecule has 0 saturated carbocycles. The molecule has 120 valence electrons. The van der Waals surface area contributed by atoms with E-state index in [9.17, 15) is 0 Å². The van der Waals surface area contributed by atoms with Gasteiger partial charge in [0.2, 0.25) is 5.89 Å². The van der Waals surface area contributed by atoms with Crippen molar-refractivity contribution < 1.29 is 14.0 Å². The van der Waals surface area contributed by atoms with E-state index in [-0.39, 0.29) is 0 Å². The molecule has 22 heavy (non-hydrogen) atoms. The van der Waals surface area contributed by atoms with Crippen LogP contribution in [0.5, 0.6) is 11.5 Å². The van der Waals surface area contributed by atoms with Crippen molar-refractivity contribution in [3.63, 3.8) is 0 Å². The normalized spacial score (nSPS) is 12.2. The lowest BCUT2D eigenvalue weighted by Crippen LogP contribution is -2.24. The number of aryl methyl sites for hydroxylation is 2. The Morgan fingerprint density at radius 3 is 2.73 bits per heavy atom. The highest BCUT2D eigenvalue weighted by Gasteiger charge is 2.11. The molecule has 1 atom stereocenters. The summed E-state index contributed by atoms with van der Waals surface area (Å²) in [6, 6.07) is 6.08. The minimum atomic E-state index is 0.323. The Labute approximate surface area is 130 Å². The third kappa shape index (κ3) is 4.21. The molecule has 0 aliphatic rings. The van der Waals surface area contributed by atoms with Gasteiger partial charge >= 0.3 is 0 Å². The van der Waals surface area contributed by atoms with Gasteiger partial charge in [-0.05, 0) is 44.2 Å². The number of nitrogens with zero attached hydrogens (tertiary/aromatic N) is 2. The SMILES string of the molecule is CNC(C)Cc1noc(CCc2cc(OC)ccc2OC)n1. The highest BCUT2D eigenvalue weighted by Crippen LogP contribution is 2.25. The van der Waals surface area contributed by atoms with Crippen LogP contribution in [-0.2, 0) is 19.3 Å². The summed E-state index contributed by atoms with van der Waals surface area (Å²) >= 11 is 0. The monoisotopic (exact) mass is 305 g/mol. The van der Waals surface area contributed by atoms with E-state index in [2.05, 4.69) is 22.4 Å². The van der Waals surface area contributed by atoms with Crippen LogP contribution < -0.4 is 14.8 Å². The van der Waals surface area contributed by atoms with Crippen molar-refractivity contribution >= 4 is 0 Å². The predicted octanol–water partition coefficient (Wildman–Crippen LogP) is 2.02. The predicted molar refractivity (Wildman–Crippen MR) is 83.5 cm³/mol. The maximum Gasteiger partial charge on any atom is 0.226 e. The molecule has 0 fully saturated rings. The van der Waals surface area contributed by atoms with Gasteiger partial charge < -0.3 is 19.3 Å². The van der Waals surface area contributed by atoms with Crippen molar-refractivity contribution in [2.45, 2.75) is 32.2 Å². The molecule has 1 unspecified atom stereocenters. The van der Waals surface area contributed by atoms with Crippen LogP contribution in [0.25, 0.3) is 0 Å². The number of aromatic nitrogens is 2. The molecule has 0 bridgehead atoms. The largest absolute Gasteiger partial charge is 0.497 e. The molecule has 0 spiro atoms. The van der Waals surface area contributed by atoms with Crippen molar-refractivity contribution in [1.29, 1.82) is 0 Å². The maximum atomic E-state index is 5.38. The van der Waals surface area contributed by atoms with Crippen molar-refractivity contribution in [1.82, 2.24) is 15.5 Å². The standard InChI is InChI=1S/C16H23N3O3/c1-11(17-2)9-15-18-16(22-19-15)8-5-12-10-13(20-3)6-7-14(12)21-4/h6-7,10-11,17H,5,8-9H2,1-4H3. The topological polar surface area (TPSA) is 69.4 Å². The Bertz CT molecular complexity index is 598. The second kappa shape index (κ2) is 7.79. The number of hydrogen-bond acceptors (Lipinski definition) is 6. The van der Waals surface area contributed by atoms with Crippen LogP contribution in [0.3, 0.4) is 0 Å². The molecule has 1 aromatic carbocycles. The number of nitrogens with one attached hydrogen (secondary N) is 1. The van der Waals surface area contributed by atoms with Crippen LogP contribution in [0.1, 0.15) is 24.2 Å². The summed E-state index contributed by atoms with van der Waals surface area (Å²) in [6.45, 7) is 2.08. The number of hydrogen-bond donors (Lipinski definition) is 1. The minimum Gasteiger partial charge on any atom is -0.497 e. The third-order valence-corrected chi connectivity index (χ3v) is 3.59. The van der Waals surface area contributed by atoms with Gasteiger partial charge in [-0.25, -0.2) is 0 Å². The molecule has 0 aliphatic heterocycles. The minimum absolute atomic E-state index is 0.323. The molecule has 0 radical (unpaired) electrons. The summed E-state index contributed by atoms with van der Waals surface area (Å²) < 4.78 is 15.9. The van der Waals surface area contributed by atoms with E-state index >= 15 is 0 Å². The Morgan fingerprint density at radius 2 is 2.05 bits per heavy atom. The lowest BCUT2D eigenvalue weighted by atomic mass is 10.1. The van der Waals surface area contributed by atoms with Gasteiger partial charge in [-0.3, -0.25) is 0 Å². The number of ether oxygens (including phenoxy) is 2. The molecule has 6 heteroatoms. The molecule has 6 nitrogen and oxygen atoms in total. The number of benzene rings is 1. The Balaban J connectivity index is 2.00. The van der Waals surface area contributed by atoms with Crippen LogP contribution in [-0.4, -0.2) is 37.4 Å². The van der Waals surface area contributed by atoms with Crippen LogP contribution >= 0.6 is 0 Å². The molecule has 1 heterocycles. The van der Waals surface area contributed by atoms with E-state index in [0.717, 1.165) is 35.7 Å². The molecular weight excluding hydrogens is 282 g/mol. The number of rotatable bonds is 8. The van der Waals surface area contributed by atoms with E-state index < -0.39 is 0 Å². The average Bonchev–Trinajstić information content (AvgIpc) is 2.99. The third-order valence-electron chi connectivity index (χ3n) is 3.59. The molecular formula is C16H23N3O3. The molecule has 1 aromatic heterocycles. The zero-order valence-electron chi connectivity index (χ0n) is 13.5. The second-order valence-corrected chi connectivity index (χ2v) is 5.18. The molecule has 0 aliphatic carbocycles. The van der Waals surface area contributed by atoms with Gasteiger partial charge in [0.05, 0.1) is 14.2 Å². The molecule has 2 rings (SSSR count). The van der Waals surface area contributed by atoms with Crippen LogP contribution in [0.2, 0.25) is 0 Å². The summed E-state index contributed by atoms with van der Waals surface area (Å²) in [5, 5.41) is 7.17. The lowest BCUT2D eigenvalue weighted by molar-refractivity contribution is 0.368. The van der Waals surface area contributed by atoms with E-state index in [4.69, 9.17) is 14.0 Å². The Kier molecular flexibility index (Phi) is 5.77. The summed E-state index contributed by atoms with van der Waals surface area (Å²) in [5.74, 6) is 3.02. The van der Waals surface area contributed by atoms with Crippen LogP contribution in [0.15, 0.2) is 22.7 Å². The molecule has 0 amide bonds. The quantitative estimate of drug-likeness (QED) is 0.804. The van der Waals surface area contributed by atoms with E-state index in [1.54, 1.807) is 14.2 Å². The molecule has 2 aromatic rings. The van der Waals surface area contributed by atoms with E-state index in [1.165, 1.54) is 0 Å². The zero-order chi connectivity index (χ0) is 15.9. The zero-order valence-corrected chi connectivity index (χ0v) is 13.5. The van der Waals surface area contributed by atoms with E-state index in [0.29, 0.717) is 18.4 Å². The summed E-state index contributed by atoms with van der Waals surface area (Å²) in [6.07, 6.45) is 2.18. The summed E-state index contributed by atoms with van der Waals surface area (Å²) in [5.41, 5.74) is 1.06. The van der Waals surface area contributed by atoms with Crippen LogP contribution in [0, 0.1) is 0 Å². The fraction of sp³-hybridized carbons (Fsp3) is 0.500. The van der Waals surface area contributed by atoms with Gasteiger partial charge in [0.15, 0.2) is 5.82 Å². The second-order valence-electron chi connectivity index (χ2n) is 5.18. The fourth-order valence-corrected chi connectivity index (χ4v) is 2.17. The average molecular weight is 305 g/mol. The summed E-state index contributed by atoms with van der Waals surface area (Å²) in [7, 11) is 5.23. The Hall–Kier alpha value is -2.08. The van der Waals surface area contributed by atoms with Crippen molar-refractivity contribution in [3.05, 3.63) is 35.5 Å². The van der Waals surface area contributed by atoms with Gasteiger partial charge in [-0.2, -0.15) is 4.98 Å². The first kappa shape index (κ1) is 16.3. The first-order valence-electron chi connectivity index (χ1n) is 7.36. The number of methoxy groups -OCH3 is 2. The van der Waals surface area contributed by atoms with Crippen molar-refractivity contribution in [3.8, 4) is 11.5 Å². The van der Waals surface area contributed by atoms with Crippen LogP contribution in [0.4, 0.5) is 0 Å². The molecule has 1 N–H and O–H groups in total. The fourth-order valence-electron chi connectivity index (χ4n) is 2.17. The lowest BCUT2D eigenvalue weighted by Gasteiger charge is -2.09. The van der Waals surface area contributed by atoms with Gasteiger partial charge in [0.25, 0.3) is 0 Å². The van der Waals surface area contributed by atoms with Gasteiger partial charge in [0, 0.05) is 18.9 Å². The Morgan fingerprint density at radius 1 is 1.23 bits per heavy atom. The number of likely N-dealkylation sites (N-methyl/N-ethyl adjacent to an activating group) is 1. The van der Waals surface area contributed by atoms with E-state index in [1.807, 2.05) is 25.2 Å². The highest BCUT2D eigenvalue weighted by atomic mass is 16.5.